The summed E-state index contributed by atoms with van der Waals surface area (Å²) in [6, 6.07) is 15.0. The summed E-state index contributed by atoms with van der Waals surface area (Å²) in [5, 5.41) is 11.3. The molecule has 0 aliphatic heterocycles. The molecule has 2 heterocycles. The number of aliphatic carboxylic acids is 1. The van der Waals surface area contributed by atoms with Crippen LogP contribution in [0.4, 0.5) is 0 Å². The van der Waals surface area contributed by atoms with E-state index in [1.54, 1.807) is 43.5 Å². The molecule has 0 aliphatic carbocycles. The van der Waals surface area contributed by atoms with Gasteiger partial charge in [-0.3, -0.25) is 9.78 Å². The van der Waals surface area contributed by atoms with Gasteiger partial charge in [0.05, 0.1) is 21.7 Å². The highest BCUT2D eigenvalue weighted by Crippen LogP contribution is 2.31. The number of fused-ring (bicyclic) bond motifs is 1. The van der Waals surface area contributed by atoms with Gasteiger partial charge in [0.1, 0.15) is 17.2 Å². The summed E-state index contributed by atoms with van der Waals surface area (Å²) >= 11 is 0. The number of pyridine rings is 1. The van der Waals surface area contributed by atoms with E-state index in [1.165, 1.54) is 12.1 Å². The molecule has 184 valence electrons. The molecule has 0 spiro atoms. The van der Waals surface area contributed by atoms with Crippen LogP contribution in [0.2, 0.25) is 0 Å². The Labute approximate surface area is 206 Å². The lowest BCUT2D eigenvalue weighted by molar-refractivity contribution is -0.131. The van der Waals surface area contributed by atoms with Crippen LogP contribution in [0.3, 0.4) is 0 Å². The molecule has 0 saturated carbocycles. The number of ether oxygens (including phenoxy) is 1. The SMILES string of the molecule is CCS(=O)(=O)c1ccc(Oc2cc3nc(-c4ccccn4)[nH]c3cc2CNC(=O)C=CC(=O)O)cc1. The summed E-state index contributed by atoms with van der Waals surface area (Å²) in [5.74, 6) is -0.503. The van der Waals surface area contributed by atoms with Gasteiger partial charge in [-0.1, -0.05) is 13.0 Å². The number of carbonyl (C=O) groups excluding carboxylic acids is 1. The Bertz CT molecular complexity index is 1540. The van der Waals surface area contributed by atoms with Gasteiger partial charge in [-0.2, -0.15) is 0 Å². The number of nitrogens with one attached hydrogen (secondary N) is 2. The molecule has 0 unspecified atom stereocenters. The molecular weight excluding hydrogens is 484 g/mol. The first-order valence-corrected chi connectivity index (χ1v) is 12.5. The normalized spacial score (nSPS) is 11.6. The van der Waals surface area contributed by atoms with E-state index in [0.717, 1.165) is 12.2 Å². The van der Waals surface area contributed by atoms with Gasteiger partial charge in [0, 0.05) is 36.5 Å². The molecule has 3 N–H and O–H groups in total. The number of imidazole rings is 1. The number of H-pyrrole nitrogens is 1. The van der Waals surface area contributed by atoms with Crippen molar-refractivity contribution in [1.82, 2.24) is 20.3 Å². The number of aromatic amines is 1. The van der Waals surface area contributed by atoms with Crippen molar-refractivity contribution in [2.24, 2.45) is 0 Å². The summed E-state index contributed by atoms with van der Waals surface area (Å²) < 4.78 is 30.2. The number of nitrogens with zero attached hydrogens (tertiary/aromatic N) is 2. The van der Waals surface area contributed by atoms with Gasteiger partial charge >= 0.3 is 5.97 Å². The fraction of sp³-hybridized carbons (Fsp3) is 0.120. The predicted octanol–water partition coefficient (Wildman–Crippen LogP) is 3.47. The Morgan fingerprint density at radius 2 is 1.89 bits per heavy atom. The van der Waals surface area contributed by atoms with Crippen LogP contribution in [0.15, 0.2) is 77.8 Å². The number of rotatable bonds is 9. The van der Waals surface area contributed by atoms with Crippen LogP contribution in [-0.2, 0) is 26.0 Å². The number of carboxylic acids is 1. The molecular formula is C25H22N4O6S. The van der Waals surface area contributed by atoms with Gasteiger partial charge in [-0.25, -0.2) is 18.2 Å². The first-order chi connectivity index (χ1) is 17.2. The van der Waals surface area contributed by atoms with Crippen molar-refractivity contribution in [3.05, 3.63) is 78.5 Å². The molecule has 0 radical (unpaired) electrons. The number of hydrogen-bond donors (Lipinski definition) is 3. The van der Waals surface area contributed by atoms with Gasteiger partial charge in [-0.15, -0.1) is 0 Å². The van der Waals surface area contributed by atoms with Crippen molar-refractivity contribution in [3.8, 4) is 23.0 Å². The number of aromatic nitrogens is 3. The molecule has 2 aromatic carbocycles. The highest BCUT2D eigenvalue weighted by atomic mass is 32.2. The smallest absolute Gasteiger partial charge is 0.328 e. The zero-order valence-electron chi connectivity index (χ0n) is 19.1. The second kappa shape index (κ2) is 10.4. The first kappa shape index (κ1) is 24.6. The Morgan fingerprint density at radius 1 is 1.11 bits per heavy atom. The average Bonchev–Trinajstić information content (AvgIpc) is 3.30. The van der Waals surface area contributed by atoms with Crippen LogP contribution in [-0.4, -0.2) is 46.1 Å². The second-order valence-corrected chi connectivity index (χ2v) is 9.92. The van der Waals surface area contributed by atoms with E-state index in [2.05, 4.69) is 20.3 Å². The summed E-state index contributed by atoms with van der Waals surface area (Å²) in [6.07, 6.45) is 3.32. The minimum absolute atomic E-state index is 0.0121. The molecule has 11 heteroatoms. The van der Waals surface area contributed by atoms with E-state index in [9.17, 15) is 18.0 Å². The molecule has 0 aliphatic rings. The van der Waals surface area contributed by atoms with Gasteiger partial charge in [0.25, 0.3) is 0 Å². The fourth-order valence-electron chi connectivity index (χ4n) is 3.34. The van der Waals surface area contributed by atoms with Gasteiger partial charge in [0.15, 0.2) is 15.7 Å². The molecule has 4 rings (SSSR count). The van der Waals surface area contributed by atoms with Crippen molar-refractivity contribution >= 4 is 32.7 Å². The van der Waals surface area contributed by atoms with E-state index in [4.69, 9.17) is 9.84 Å². The van der Waals surface area contributed by atoms with Crippen LogP contribution >= 0.6 is 0 Å². The summed E-state index contributed by atoms with van der Waals surface area (Å²) in [5.41, 5.74) is 2.51. The first-order valence-electron chi connectivity index (χ1n) is 10.9. The number of benzene rings is 2. The molecule has 2 aromatic heterocycles. The third-order valence-corrected chi connectivity index (χ3v) is 6.94. The summed E-state index contributed by atoms with van der Waals surface area (Å²) in [6.45, 7) is 1.61. The minimum Gasteiger partial charge on any atom is -0.478 e. The maximum Gasteiger partial charge on any atom is 0.328 e. The van der Waals surface area contributed by atoms with E-state index < -0.39 is 21.7 Å². The number of amides is 1. The van der Waals surface area contributed by atoms with Crippen LogP contribution in [0, 0.1) is 0 Å². The molecule has 0 atom stereocenters. The van der Waals surface area contributed by atoms with Crippen LogP contribution < -0.4 is 10.1 Å². The Hall–Kier alpha value is -4.51. The zero-order valence-corrected chi connectivity index (χ0v) is 20.0. The number of hydrogen-bond acceptors (Lipinski definition) is 7. The third kappa shape index (κ3) is 5.76. The Morgan fingerprint density at radius 3 is 2.56 bits per heavy atom. The average molecular weight is 507 g/mol. The minimum atomic E-state index is -3.35. The quantitative estimate of drug-likeness (QED) is 0.292. The number of carbonyl (C=O) groups is 2. The molecule has 36 heavy (non-hydrogen) atoms. The largest absolute Gasteiger partial charge is 0.478 e. The second-order valence-electron chi connectivity index (χ2n) is 7.64. The maximum absolute atomic E-state index is 12.1. The van der Waals surface area contributed by atoms with E-state index in [-0.39, 0.29) is 17.2 Å². The maximum atomic E-state index is 12.1. The van der Waals surface area contributed by atoms with Crippen molar-refractivity contribution in [1.29, 1.82) is 0 Å². The highest BCUT2D eigenvalue weighted by molar-refractivity contribution is 7.91. The van der Waals surface area contributed by atoms with Crippen LogP contribution in [0.5, 0.6) is 11.5 Å². The van der Waals surface area contributed by atoms with Gasteiger partial charge < -0.3 is 20.1 Å². The lowest BCUT2D eigenvalue weighted by Crippen LogP contribution is -2.21. The van der Waals surface area contributed by atoms with Crippen LogP contribution in [0.25, 0.3) is 22.6 Å². The van der Waals surface area contributed by atoms with Crippen molar-refractivity contribution in [2.45, 2.75) is 18.4 Å². The fourth-order valence-corrected chi connectivity index (χ4v) is 4.22. The monoisotopic (exact) mass is 506 g/mol. The molecule has 0 bridgehead atoms. The molecule has 0 fully saturated rings. The van der Waals surface area contributed by atoms with Gasteiger partial charge in [0.2, 0.25) is 5.91 Å². The van der Waals surface area contributed by atoms with Crippen molar-refractivity contribution in [2.75, 3.05) is 5.75 Å². The Balaban J connectivity index is 1.67. The topological polar surface area (TPSA) is 151 Å². The van der Waals surface area contributed by atoms with E-state index in [0.29, 0.717) is 39.6 Å². The molecule has 1 amide bonds. The molecule has 4 aromatic rings. The molecule has 0 saturated heterocycles. The van der Waals surface area contributed by atoms with Crippen LogP contribution in [0.1, 0.15) is 12.5 Å². The third-order valence-electron chi connectivity index (χ3n) is 5.19. The standard InChI is InChI=1S/C25H22N4O6S/c1-2-36(33,34)18-8-6-17(7-9-18)35-22-14-21-20(28-25(29-21)19-5-3-4-12-26-19)13-16(22)15-27-23(30)10-11-24(31)32/h3-14H,2,15H2,1H3,(H,27,30)(H,28,29)(H,31,32). The van der Waals surface area contributed by atoms with E-state index >= 15 is 0 Å². The van der Waals surface area contributed by atoms with E-state index in [1.807, 2.05) is 12.1 Å². The molecule has 10 nitrogen and oxygen atoms in total. The summed E-state index contributed by atoms with van der Waals surface area (Å²) in [7, 11) is -3.35. The predicted molar refractivity (Wildman–Crippen MR) is 132 cm³/mol. The van der Waals surface area contributed by atoms with Crippen molar-refractivity contribution in [3.63, 3.8) is 0 Å². The lowest BCUT2D eigenvalue weighted by atomic mass is 10.1. The highest BCUT2D eigenvalue weighted by Gasteiger charge is 2.15. The van der Waals surface area contributed by atoms with Crippen molar-refractivity contribution < 1.29 is 27.9 Å². The summed E-state index contributed by atoms with van der Waals surface area (Å²) in [4.78, 5) is 35.0. The zero-order chi connectivity index (χ0) is 25.7. The lowest BCUT2D eigenvalue weighted by Gasteiger charge is -2.12. The number of carboxylic acid groups (broad SMARTS) is 1. The Kier molecular flexibility index (Phi) is 7.11. The number of sulfone groups is 1. The van der Waals surface area contributed by atoms with Gasteiger partial charge in [-0.05, 0) is 42.5 Å².